The molecular formula is C27H59AsO6P+. The zero-order valence-corrected chi connectivity index (χ0v) is 26.4. The number of hydrogen-bond donors (Lipinski definition) is 1. The van der Waals surface area contributed by atoms with Crippen LogP contribution < -0.4 is 0 Å². The second kappa shape index (κ2) is 24.9. The van der Waals surface area contributed by atoms with Crippen LogP contribution in [0.2, 0.25) is 22.3 Å². The number of ether oxygens (including phenoxy) is 2. The van der Waals surface area contributed by atoms with Gasteiger partial charge in [-0.05, 0) is 6.42 Å². The standard InChI is InChI=1S/C27H58AsO6P/c1-5-6-7-8-9-10-11-12-13-14-15-16-17-18-19-20-22-31-24-25-32-26-27-34-35(29,30)33-23-21-28(2,3)4/h5-27H2,1-4H3/p+1. The zero-order valence-electron chi connectivity index (χ0n) is 23.6. The Kier molecular flexibility index (Phi) is 25.3. The Morgan fingerprint density at radius 2 is 0.914 bits per heavy atom. The van der Waals surface area contributed by atoms with Crippen LogP contribution in [0.3, 0.4) is 0 Å². The Morgan fingerprint density at radius 1 is 0.543 bits per heavy atom. The van der Waals surface area contributed by atoms with E-state index in [1.807, 2.05) is 0 Å². The summed E-state index contributed by atoms with van der Waals surface area (Å²) in [4.78, 5) is 9.63. The van der Waals surface area contributed by atoms with Crippen molar-refractivity contribution < 1.29 is 28.0 Å². The summed E-state index contributed by atoms with van der Waals surface area (Å²) in [6.07, 6.45) is 21.9. The van der Waals surface area contributed by atoms with Gasteiger partial charge in [-0.3, -0.25) is 0 Å². The van der Waals surface area contributed by atoms with Crippen molar-refractivity contribution in [3.05, 3.63) is 0 Å². The minimum atomic E-state index is -3.96. The van der Waals surface area contributed by atoms with E-state index in [9.17, 15) is 9.46 Å². The van der Waals surface area contributed by atoms with Gasteiger partial charge in [-0.1, -0.05) is 103 Å². The Balaban J connectivity index is 3.21. The van der Waals surface area contributed by atoms with Crippen LogP contribution in [0.4, 0.5) is 0 Å². The van der Waals surface area contributed by atoms with E-state index in [2.05, 4.69) is 24.1 Å². The fourth-order valence-corrected chi connectivity index (χ4v) is 6.11. The summed E-state index contributed by atoms with van der Waals surface area (Å²) >= 11 is -1.61. The van der Waals surface area contributed by atoms with Crippen LogP contribution in [0.15, 0.2) is 0 Å². The maximum absolute atomic E-state index is 11.8. The Morgan fingerprint density at radius 3 is 1.37 bits per heavy atom. The van der Waals surface area contributed by atoms with E-state index in [1.165, 1.54) is 96.3 Å². The van der Waals surface area contributed by atoms with Crippen LogP contribution in [0.5, 0.6) is 0 Å². The third-order valence-corrected chi connectivity index (χ3v) is 10.2. The molecular weight excluding hydrogens is 526 g/mol. The summed E-state index contributed by atoms with van der Waals surface area (Å²) in [5, 5.41) is 0.861. The van der Waals surface area contributed by atoms with Gasteiger partial charge < -0.3 is 0 Å². The average Bonchev–Trinajstić information content (AvgIpc) is 2.78. The van der Waals surface area contributed by atoms with Crippen molar-refractivity contribution in [1.29, 1.82) is 0 Å². The first kappa shape index (κ1) is 35.6. The molecule has 1 atom stereocenters. The van der Waals surface area contributed by atoms with Crippen LogP contribution >= 0.6 is 7.82 Å². The summed E-state index contributed by atoms with van der Waals surface area (Å²) in [5.41, 5.74) is 6.67. The molecule has 6 nitrogen and oxygen atoms in total. The molecule has 0 saturated heterocycles. The molecule has 0 heterocycles. The minimum absolute atomic E-state index is 0.0442. The van der Waals surface area contributed by atoms with Gasteiger partial charge in [0.2, 0.25) is 0 Å². The normalized spacial score (nSPS) is 13.9. The predicted molar refractivity (Wildman–Crippen MR) is 151 cm³/mol. The summed E-state index contributed by atoms with van der Waals surface area (Å²) in [6.45, 7) is 4.64. The van der Waals surface area contributed by atoms with Gasteiger partial charge >= 0.3 is 111 Å². The van der Waals surface area contributed by atoms with Crippen LogP contribution in [-0.2, 0) is 23.1 Å². The Bertz CT molecular complexity index is 487. The molecule has 35 heavy (non-hydrogen) atoms. The molecule has 0 aromatic heterocycles. The molecule has 8 heteroatoms. The van der Waals surface area contributed by atoms with E-state index in [1.54, 1.807) is 0 Å². The van der Waals surface area contributed by atoms with Gasteiger partial charge in [0.25, 0.3) is 0 Å². The van der Waals surface area contributed by atoms with Gasteiger partial charge in [-0.15, -0.1) is 0 Å². The van der Waals surface area contributed by atoms with Crippen molar-refractivity contribution in [2.45, 2.75) is 132 Å². The molecule has 0 amide bonds. The first-order valence-electron chi connectivity index (χ1n) is 14.3. The number of phosphoric acid groups is 1. The topological polar surface area (TPSA) is 74.2 Å². The molecule has 1 N–H and O–H groups in total. The van der Waals surface area contributed by atoms with Gasteiger partial charge in [0.1, 0.15) is 0 Å². The van der Waals surface area contributed by atoms with Crippen molar-refractivity contribution in [2.75, 3.05) is 39.6 Å². The molecule has 0 aliphatic rings. The van der Waals surface area contributed by atoms with Crippen LogP contribution in [-0.4, -0.2) is 58.1 Å². The van der Waals surface area contributed by atoms with E-state index >= 15 is 0 Å². The number of unbranched alkanes of at least 4 members (excludes halogenated alkanes) is 15. The molecule has 0 aliphatic carbocycles. The third kappa shape index (κ3) is 30.7. The van der Waals surface area contributed by atoms with E-state index < -0.39 is 21.4 Å². The van der Waals surface area contributed by atoms with Crippen LogP contribution in [0.1, 0.15) is 110 Å². The van der Waals surface area contributed by atoms with E-state index in [-0.39, 0.29) is 19.8 Å². The van der Waals surface area contributed by atoms with E-state index in [0.29, 0.717) is 13.2 Å². The molecule has 0 aromatic carbocycles. The second-order valence-electron chi connectivity index (χ2n) is 10.7. The number of rotatable bonds is 28. The van der Waals surface area contributed by atoms with Gasteiger partial charge in [0, 0.05) is 0 Å². The fraction of sp³-hybridized carbons (Fsp3) is 1.00. The van der Waals surface area contributed by atoms with Crippen molar-refractivity contribution >= 4 is 21.4 Å². The van der Waals surface area contributed by atoms with E-state index in [0.717, 1.165) is 18.2 Å². The molecule has 1 unspecified atom stereocenters. The summed E-state index contributed by atoms with van der Waals surface area (Å²) in [6, 6.07) is 0. The number of phosphoric ester groups is 1. The van der Waals surface area contributed by atoms with E-state index in [4.69, 9.17) is 18.5 Å². The number of hydrogen-bond acceptors (Lipinski definition) is 5. The molecule has 212 valence electrons. The van der Waals surface area contributed by atoms with Crippen LogP contribution in [0.25, 0.3) is 0 Å². The van der Waals surface area contributed by atoms with Crippen molar-refractivity contribution in [3.63, 3.8) is 0 Å². The van der Waals surface area contributed by atoms with Gasteiger partial charge in [-0.2, -0.15) is 0 Å². The molecule has 0 rings (SSSR count). The molecule has 0 aromatic rings. The van der Waals surface area contributed by atoms with Gasteiger partial charge in [-0.25, -0.2) is 0 Å². The van der Waals surface area contributed by atoms with Crippen LogP contribution in [0, 0.1) is 0 Å². The third-order valence-electron chi connectivity index (χ3n) is 6.01. The average molecular weight is 586 g/mol. The molecule has 0 bridgehead atoms. The van der Waals surface area contributed by atoms with Gasteiger partial charge in [0.05, 0.1) is 0 Å². The first-order valence-corrected chi connectivity index (χ1v) is 22.8. The quantitative estimate of drug-likeness (QED) is 0.0562. The summed E-state index contributed by atoms with van der Waals surface area (Å²) in [5.74, 6) is 0. The zero-order chi connectivity index (χ0) is 26.1. The second-order valence-corrected chi connectivity index (χ2v) is 22.7. The summed E-state index contributed by atoms with van der Waals surface area (Å²) in [7, 11) is -3.96. The first-order chi connectivity index (χ1) is 16.8. The van der Waals surface area contributed by atoms with Gasteiger partial charge in [0.15, 0.2) is 0 Å². The molecule has 0 spiro atoms. The van der Waals surface area contributed by atoms with Crippen molar-refractivity contribution in [3.8, 4) is 0 Å². The maximum atomic E-state index is 11.8. The van der Waals surface area contributed by atoms with Crippen molar-refractivity contribution in [2.24, 2.45) is 0 Å². The summed E-state index contributed by atoms with van der Waals surface area (Å²) < 4.78 is 32.7. The Hall–Kier alpha value is 0.588. The Labute approximate surface area is 220 Å². The fourth-order valence-electron chi connectivity index (χ4n) is 3.75. The molecule has 0 saturated carbocycles. The molecule has 0 radical (unpaired) electrons. The SMILES string of the molecule is CCCCCCCCCCCCCCCCCCOCCOCCOP(=O)(O)OCC[As+](C)(C)C. The molecule has 0 aliphatic heterocycles. The predicted octanol–water partition coefficient (Wildman–Crippen LogP) is 8.75. The monoisotopic (exact) mass is 585 g/mol. The molecule has 0 fully saturated rings. The van der Waals surface area contributed by atoms with Crippen molar-refractivity contribution in [1.82, 2.24) is 0 Å².